The number of aryl methyl sites for hydroxylation is 1. The van der Waals surface area contributed by atoms with Crippen LogP contribution in [0.4, 0.5) is 17.5 Å². The largest absolute Gasteiger partial charge is 0.383 e. The predicted octanol–water partition coefficient (Wildman–Crippen LogP) is 3.27. The van der Waals surface area contributed by atoms with E-state index in [2.05, 4.69) is 37.7 Å². The Morgan fingerprint density at radius 2 is 1.86 bits per heavy atom. The third-order valence-electron chi connectivity index (χ3n) is 4.96. The van der Waals surface area contributed by atoms with E-state index in [1.807, 2.05) is 43.3 Å². The molecule has 0 bridgehead atoms. The van der Waals surface area contributed by atoms with Gasteiger partial charge in [-0.3, -0.25) is 5.01 Å². The molecule has 2 aromatic carbocycles. The topological polar surface area (TPSA) is 96.3 Å². The lowest BCUT2D eigenvalue weighted by molar-refractivity contribution is 0.239. The van der Waals surface area contributed by atoms with Crippen LogP contribution in [0.25, 0.3) is 11.1 Å². The molecular formula is C21H24ClN7. The van der Waals surface area contributed by atoms with Crippen LogP contribution in [0, 0.1) is 0 Å². The van der Waals surface area contributed by atoms with E-state index in [-0.39, 0.29) is 5.95 Å². The van der Waals surface area contributed by atoms with Gasteiger partial charge in [0.1, 0.15) is 5.82 Å². The highest BCUT2D eigenvalue weighted by molar-refractivity contribution is 6.33. The molecule has 0 saturated carbocycles. The molecule has 0 atom stereocenters. The lowest BCUT2D eigenvalue weighted by Gasteiger charge is -2.23. The number of hydrogen-bond acceptors (Lipinski definition) is 7. The maximum atomic E-state index is 6.53. The maximum absolute atomic E-state index is 6.53. The molecule has 150 valence electrons. The van der Waals surface area contributed by atoms with Crippen LogP contribution in [0.5, 0.6) is 0 Å². The van der Waals surface area contributed by atoms with Gasteiger partial charge in [0.05, 0.1) is 22.9 Å². The Kier molecular flexibility index (Phi) is 5.53. The molecule has 29 heavy (non-hydrogen) atoms. The van der Waals surface area contributed by atoms with Gasteiger partial charge < -0.3 is 11.5 Å². The summed E-state index contributed by atoms with van der Waals surface area (Å²) in [5.74, 6) is 0.567. The highest BCUT2D eigenvalue weighted by atomic mass is 35.5. The van der Waals surface area contributed by atoms with Crippen molar-refractivity contribution in [3.05, 3.63) is 64.8 Å². The van der Waals surface area contributed by atoms with E-state index < -0.39 is 0 Å². The Hall–Kier alpha value is -2.87. The Labute approximate surface area is 175 Å². The van der Waals surface area contributed by atoms with Crippen molar-refractivity contribution in [2.75, 3.05) is 29.6 Å². The third kappa shape index (κ3) is 4.12. The maximum Gasteiger partial charge on any atom is 0.222 e. The number of nitrogen functional groups attached to an aromatic ring is 2. The van der Waals surface area contributed by atoms with Gasteiger partial charge in [-0.15, -0.1) is 0 Å². The number of hydrogen-bond donors (Lipinski definition) is 3. The molecule has 1 saturated heterocycles. The van der Waals surface area contributed by atoms with Crippen LogP contribution >= 0.6 is 11.6 Å². The first-order valence-electron chi connectivity index (χ1n) is 9.59. The Balaban J connectivity index is 1.60. The van der Waals surface area contributed by atoms with Gasteiger partial charge in [-0.05, 0) is 29.7 Å². The second-order valence-corrected chi connectivity index (χ2v) is 7.37. The first-order chi connectivity index (χ1) is 14.0. The smallest absolute Gasteiger partial charge is 0.222 e. The summed E-state index contributed by atoms with van der Waals surface area (Å²) in [4.78, 5) is 8.49. The summed E-state index contributed by atoms with van der Waals surface area (Å²) < 4.78 is 0. The molecule has 0 amide bonds. The van der Waals surface area contributed by atoms with Crippen molar-refractivity contribution in [3.63, 3.8) is 0 Å². The second-order valence-electron chi connectivity index (χ2n) is 6.97. The molecule has 3 aromatic rings. The van der Waals surface area contributed by atoms with Gasteiger partial charge in [0.15, 0.2) is 0 Å². The number of nitrogens with two attached hydrogens (primary N) is 2. The Morgan fingerprint density at radius 3 is 2.62 bits per heavy atom. The van der Waals surface area contributed by atoms with E-state index >= 15 is 0 Å². The zero-order valence-electron chi connectivity index (χ0n) is 16.3. The number of benzene rings is 2. The fourth-order valence-corrected chi connectivity index (χ4v) is 3.80. The van der Waals surface area contributed by atoms with Crippen molar-refractivity contribution in [2.45, 2.75) is 19.9 Å². The molecule has 1 aliphatic rings. The van der Waals surface area contributed by atoms with Crippen LogP contribution in [-0.4, -0.2) is 28.1 Å². The van der Waals surface area contributed by atoms with E-state index in [1.54, 1.807) is 0 Å². The van der Waals surface area contributed by atoms with Crippen LogP contribution in [0.3, 0.4) is 0 Å². The molecule has 0 aliphatic carbocycles. The summed E-state index contributed by atoms with van der Waals surface area (Å²) in [5.41, 5.74) is 20.1. The van der Waals surface area contributed by atoms with Gasteiger partial charge in [0.25, 0.3) is 0 Å². The summed E-state index contributed by atoms with van der Waals surface area (Å²) in [6.07, 6.45) is 0.705. The molecule has 8 heteroatoms. The Bertz CT molecular complexity index is 1010. The van der Waals surface area contributed by atoms with Gasteiger partial charge in [0.2, 0.25) is 5.95 Å². The first-order valence-corrected chi connectivity index (χ1v) is 9.97. The summed E-state index contributed by atoms with van der Waals surface area (Å²) in [6.45, 7) is 4.52. The second kappa shape index (κ2) is 8.24. The van der Waals surface area contributed by atoms with Crippen molar-refractivity contribution < 1.29 is 0 Å². The van der Waals surface area contributed by atoms with Crippen molar-refractivity contribution >= 4 is 29.1 Å². The molecule has 1 aromatic heterocycles. The average Bonchev–Trinajstić information content (AvgIpc) is 3.17. The molecule has 1 fully saturated rings. The van der Waals surface area contributed by atoms with Crippen LogP contribution < -0.4 is 22.0 Å². The standard InChI is InChI=1S/C21H24ClN7/c1-2-17-19(20(23)26-21(24)25-17)15-8-9-16(22)18(12-15)29-11-10-28(27-29)13-14-6-4-3-5-7-14/h3-9,12,27H,2,10-11,13H2,1H3,(H4,23,24,25,26). The predicted molar refractivity (Wildman–Crippen MR) is 118 cm³/mol. The molecule has 7 nitrogen and oxygen atoms in total. The van der Waals surface area contributed by atoms with Crippen LogP contribution in [-0.2, 0) is 13.0 Å². The highest BCUT2D eigenvalue weighted by Crippen LogP contribution is 2.35. The van der Waals surface area contributed by atoms with E-state index in [9.17, 15) is 0 Å². The molecule has 5 N–H and O–H groups in total. The van der Waals surface area contributed by atoms with Crippen molar-refractivity contribution in [3.8, 4) is 11.1 Å². The minimum atomic E-state index is 0.190. The summed E-state index contributed by atoms with van der Waals surface area (Å²) in [7, 11) is 0. The summed E-state index contributed by atoms with van der Waals surface area (Å²) in [6, 6.07) is 16.2. The Morgan fingerprint density at radius 1 is 1.07 bits per heavy atom. The number of aromatic nitrogens is 2. The fraction of sp³-hybridized carbons (Fsp3) is 0.238. The van der Waals surface area contributed by atoms with E-state index in [0.717, 1.165) is 42.1 Å². The minimum Gasteiger partial charge on any atom is -0.383 e. The number of rotatable bonds is 5. The van der Waals surface area contributed by atoms with E-state index in [4.69, 9.17) is 23.1 Å². The zero-order chi connectivity index (χ0) is 20.4. The number of hydrazine groups is 2. The normalized spacial score (nSPS) is 14.5. The highest BCUT2D eigenvalue weighted by Gasteiger charge is 2.23. The number of halogens is 1. The van der Waals surface area contributed by atoms with Gasteiger partial charge in [-0.1, -0.05) is 54.9 Å². The number of nitrogens with zero attached hydrogens (tertiary/aromatic N) is 4. The molecule has 0 radical (unpaired) electrons. The van der Waals surface area contributed by atoms with Gasteiger partial charge in [-0.25, -0.2) is 9.99 Å². The minimum absolute atomic E-state index is 0.190. The molecule has 1 aliphatic heterocycles. The van der Waals surface area contributed by atoms with Gasteiger partial charge >= 0.3 is 0 Å². The van der Waals surface area contributed by atoms with E-state index in [1.165, 1.54) is 5.56 Å². The van der Waals surface area contributed by atoms with Crippen molar-refractivity contribution in [2.24, 2.45) is 0 Å². The van der Waals surface area contributed by atoms with Crippen molar-refractivity contribution in [1.82, 2.24) is 20.5 Å². The van der Waals surface area contributed by atoms with Crippen LogP contribution in [0.1, 0.15) is 18.2 Å². The quantitative estimate of drug-likeness (QED) is 0.595. The molecule has 2 heterocycles. The lowest BCUT2D eigenvalue weighted by Crippen LogP contribution is -2.39. The van der Waals surface area contributed by atoms with E-state index in [0.29, 0.717) is 17.3 Å². The van der Waals surface area contributed by atoms with Crippen LogP contribution in [0.2, 0.25) is 5.02 Å². The average molecular weight is 410 g/mol. The van der Waals surface area contributed by atoms with Gasteiger partial charge in [0, 0.05) is 18.7 Å². The first kappa shape index (κ1) is 19.4. The summed E-state index contributed by atoms with van der Waals surface area (Å²) in [5, 5.41) is 4.88. The monoisotopic (exact) mass is 409 g/mol. The lowest BCUT2D eigenvalue weighted by atomic mass is 10.0. The van der Waals surface area contributed by atoms with Crippen molar-refractivity contribution in [1.29, 1.82) is 0 Å². The SMILES string of the molecule is CCc1nc(N)nc(N)c1-c1ccc(Cl)c(N2CCN(Cc3ccccc3)N2)c1. The van der Waals surface area contributed by atoms with Gasteiger partial charge in [-0.2, -0.15) is 10.5 Å². The molecule has 4 rings (SSSR count). The zero-order valence-corrected chi connectivity index (χ0v) is 17.0. The van der Waals surface area contributed by atoms with Crippen LogP contribution in [0.15, 0.2) is 48.5 Å². The summed E-state index contributed by atoms with van der Waals surface area (Å²) >= 11 is 6.53. The molecule has 0 spiro atoms. The third-order valence-corrected chi connectivity index (χ3v) is 5.28. The number of nitrogens with one attached hydrogen (secondary N) is 1. The number of anilines is 3. The molecule has 0 unspecified atom stereocenters. The fourth-order valence-electron chi connectivity index (χ4n) is 3.58. The molecular weight excluding hydrogens is 386 g/mol.